The molecular weight excluding hydrogens is 441 g/mol. The van der Waals surface area contributed by atoms with Crippen molar-refractivity contribution in [2.24, 2.45) is 0 Å². The number of nitrogens with one attached hydrogen (secondary N) is 2. The van der Waals surface area contributed by atoms with E-state index in [1.165, 1.54) is 19.1 Å². The molecule has 3 amide bonds. The molecule has 2 aromatic rings. The van der Waals surface area contributed by atoms with Crippen LogP contribution >= 0.6 is 0 Å². The number of hydrogen-bond acceptors (Lipinski definition) is 5. The summed E-state index contributed by atoms with van der Waals surface area (Å²) in [5, 5.41) is 5.53. The van der Waals surface area contributed by atoms with Crippen LogP contribution in [-0.4, -0.2) is 54.5 Å². The van der Waals surface area contributed by atoms with Gasteiger partial charge in [0.15, 0.2) is 0 Å². The largest absolute Gasteiger partial charge is 0.490 e. The lowest BCUT2D eigenvalue weighted by molar-refractivity contribution is -0.134. The molecule has 9 heteroatoms. The van der Waals surface area contributed by atoms with Gasteiger partial charge in [0.2, 0.25) is 11.8 Å². The third kappa shape index (κ3) is 5.53. The van der Waals surface area contributed by atoms with Gasteiger partial charge in [-0.05, 0) is 48.7 Å². The third-order valence-corrected chi connectivity index (χ3v) is 6.15. The molecule has 0 radical (unpaired) electrons. The highest BCUT2D eigenvalue weighted by molar-refractivity contribution is 5.99. The van der Waals surface area contributed by atoms with E-state index in [0.29, 0.717) is 36.4 Å². The normalized spacial score (nSPS) is 21.9. The number of nitrogens with zero attached hydrogens (tertiary/aromatic N) is 1. The molecule has 3 atom stereocenters. The van der Waals surface area contributed by atoms with Gasteiger partial charge < -0.3 is 25.0 Å². The number of halogens is 1. The van der Waals surface area contributed by atoms with Gasteiger partial charge in [-0.1, -0.05) is 12.1 Å². The fourth-order valence-corrected chi connectivity index (χ4v) is 4.39. The van der Waals surface area contributed by atoms with Crippen LogP contribution in [0.3, 0.4) is 0 Å². The summed E-state index contributed by atoms with van der Waals surface area (Å²) in [6, 6.07) is 10.8. The Morgan fingerprint density at radius 1 is 1.15 bits per heavy atom. The van der Waals surface area contributed by atoms with E-state index in [9.17, 15) is 18.8 Å². The van der Waals surface area contributed by atoms with Crippen molar-refractivity contribution in [2.45, 2.75) is 51.0 Å². The van der Waals surface area contributed by atoms with E-state index >= 15 is 0 Å². The van der Waals surface area contributed by atoms with Crippen molar-refractivity contribution in [1.29, 1.82) is 0 Å². The Labute approximate surface area is 197 Å². The monoisotopic (exact) mass is 469 g/mol. The lowest BCUT2D eigenvalue weighted by atomic mass is 9.94. The van der Waals surface area contributed by atoms with Gasteiger partial charge in [-0.2, -0.15) is 0 Å². The molecule has 180 valence electrons. The summed E-state index contributed by atoms with van der Waals surface area (Å²) in [5.74, 6) is -0.482. The van der Waals surface area contributed by atoms with E-state index in [0.717, 1.165) is 5.56 Å². The Morgan fingerprint density at radius 3 is 2.65 bits per heavy atom. The number of fused-ring (bicyclic) bond motifs is 2. The van der Waals surface area contributed by atoms with Crippen LogP contribution in [-0.2, 0) is 20.9 Å². The van der Waals surface area contributed by atoms with Crippen LogP contribution in [0.5, 0.6) is 5.75 Å². The quantitative estimate of drug-likeness (QED) is 0.702. The van der Waals surface area contributed by atoms with Crippen LogP contribution in [0, 0.1) is 5.82 Å². The molecular formula is C25H28FN3O5. The topological polar surface area (TPSA) is 97.0 Å². The first kappa shape index (κ1) is 23.7. The molecule has 1 fully saturated rings. The summed E-state index contributed by atoms with van der Waals surface area (Å²) in [4.78, 5) is 38.6. The molecule has 0 aliphatic carbocycles. The van der Waals surface area contributed by atoms with Gasteiger partial charge in [0.05, 0.1) is 24.1 Å². The lowest BCUT2D eigenvalue weighted by Gasteiger charge is -2.42. The second-order valence-corrected chi connectivity index (χ2v) is 8.67. The molecule has 0 bridgehead atoms. The first-order chi connectivity index (χ1) is 16.3. The Hall–Kier alpha value is -3.46. The van der Waals surface area contributed by atoms with Gasteiger partial charge in [0.1, 0.15) is 24.3 Å². The Kier molecular flexibility index (Phi) is 7.12. The lowest BCUT2D eigenvalue weighted by Crippen LogP contribution is -2.53. The molecule has 0 spiro atoms. The fraction of sp³-hybridized carbons (Fsp3) is 0.400. The molecule has 4 rings (SSSR count). The molecule has 34 heavy (non-hydrogen) atoms. The van der Waals surface area contributed by atoms with Gasteiger partial charge in [-0.3, -0.25) is 14.4 Å². The maximum Gasteiger partial charge on any atom is 0.257 e. The van der Waals surface area contributed by atoms with Crippen LogP contribution in [0.15, 0.2) is 42.5 Å². The fourth-order valence-electron chi connectivity index (χ4n) is 4.39. The standard InChI is InChI=1S/C25H28FN3O5/c1-15(30)28-18-7-10-22-20(11-18)25(32)29(2)21-9-8-19(34-23(21)14-33-22)12-24(31)27-13-16-3-5-17(26)6-4-16/h3-7,10-11,19,21,23H,8-9,12-14H2,1-2H3,(H,27,31)(H,28,30)/t19-,21+,23+/m0/s1. The van der Waals surface area contributed by atoms with Crippen LogP contribution < -0.4 is 15.4 Å². The zero-order valence-corrected chi connectivity index (χ0v) is 19.2. The molecule has 2 aliphatic rings. The molecule has 2 heterocycles. The number of carbonyl (C=O) groups excluding carboxylic acids is 3. The van der Waals surface area contributed by atoms with E-state index in [4.69, 9.17) is 9.47 Å². The van der Waals surface area contributed by atoms with E-state index in [1.807, 2.05) is 0 Å². The predicted molar refractivity (Wildman–Crippen MR) is 123 cm³/mol. The SMILES string of the molecule is CC(=O)Nc1ccc2c(c1)C(=O)N(C)[C@@H]1CC[C@@H](CC(=O)NCc3ccc(F)cc3)O[C@@H]1CO2. The minimum Gasteiger partial charge on any atom is -0.490 e. The molecule has 0 unspecified atom stereocenters. The highest BCUT2D eigenvalue weighted by Crippen LogP contribution is 2.32. The van der Waals surface area contributed by atoms with Crippen molar-refractivity contribution < 1.29 is 28.2 Å². The van der Waals surface area contributed by atoms with Crippen LogP contribution in [0.1, 0.15) is 42.1 Å². The highest BCUT2D eigenvalue weighted by Gasteiger charge is 2.39. The second-order valence-electron chi connectivity index (χ2n) is 8.67. The van der Waals surface area contributed by atoms with E-state index in [-0.39, 0.29) is 54.8 Å². The van der Waals surface area contributed by atoms with Crippen molar-refractivity contribution in [3.05, 3.63) is 59.4 Å². The maximum absolute atomic E-state index is 13.2. The van der Waals surface area contributed by atoms with E-state index in [1.54, 1.807) is 42.3 Å². The maximum atomic E-state index is 13.2. The Morgan fingerprint density at radius 2 is 1.91 bits per heavy atom. The molecule has 8 nitrogen and oxygen atoms in total. The van der Waals surface area contributed by atoms with Crippen LogP contribution in [0.4, 0.5) is 10.1 Å². The summed E-state index contributed by atoms with van der Waals surface area (Å²) < 4.78 is 25.1. The number of amides is 3. The minimum atomic E-state index is -0.374. The summed E-state index contributed by atoms with van der Waals surface area (Å²) in [7, 11) is 1.74. The zero-order chi connectivity index (χ0) is 24.2. The first-order valence-corrected chi connectivity index (χ1v) is 11.3. The molecule has 0 aromatic heterocycles. The summed E-state index contributed by atoms with van der Waals surface area (Å²) in [5.41, 5.74) is 1.73. The van der Waals surface area contributed by atoms with Crippen LogP contribution in [0.25, 0.3) is 0 Å². The number of ether oxygens (including phenoxy) is 2. The average molecular weight is 470 g/mol. The van der Waals surface area contributed by atoms with Gasteiger partial charge in [-0.15, -0.1) is 0 Å². The number of hydrogen-bond donors (Lipinski definition) is 2. The van der Waals surface area contributed by atoms with E-state index in [2.05, 4.69) is 10.6 Å². The van der Waals surface area contributed by atoms with Crippen molar-refractivity contribution in [3.63, 3.8) is 0 Å². The van der Waals surface area contributed by atoms with Gasteiger partial charge in [-0.25, -0.2) is 4.39 Å². The van der Waals surface area contributed by atoms with Gasteiger partial charge >= 0.3 is 0 Å². The predicted octanol–water partition coefficient (Wildman–Crippen LogP) is 2.87. The van der Waals surface area contributed by atoms with Crippen molar-refractivity contribution >= 4 is 23.4 Å². The summed E-state index contributed by atoms with van der Waals surface area (Å²) in [6.45, 7) is 1.96. The average Bonchev–Trinajstić information content (AvgIpc) is 2.81. The van der Waals surface area contributed by atoms with Crippen molar-refractivity contribution in [3.8, 4) is 5.75 Å². The molecule has 2 N–H and O–H groups in total. The highest BCUT2D eigenvalue weighted by atomic mass is 19.1. The molecule has 2 aromatic carbocycles. The first-order valence-electron chi connectivity index (χ1n) is 11.3. The van der Waals surface area contributed by atoms with Crippen molar-refractivity contribution in [1.82, 2.24) is 10.2 Å². The number of rotatable bonds is 5. The number of benzene rings is 2. The Balaban J connectivity index is 1.38. The smallest absolute Gasteiger partial charge is 0.257 e. The molecule has 1 saturated heterocycles. The second kappa shape index (κ2) is 10.2. The van der Waals surface area contributed by atoms with Gasteiger partial charge in [0, 0.05) is 26.2 Å². The summed E-state index contributed by atoms with van der Waals surface area (Å²) >= 11 is 0. The number of likely N-dealkylation sites (N-methyl/N-ethyl adjacent to an activating group) is 1. The van der Waals surface area contributed by atoms with E-state index < -0.39 is 0 Å². The third-order valence-electron chi connectivity index (χ3n) is 6.15. The number of anilines is 1. The molecule has 2 aliphatic heterocycles. The minimum absolute atomic E-state index is 0.153. The van der Waals surface area contributed by atoms with Gasteiger partial charge in [0.25, 0.3) is 5.91 Å². The van der Waals surface area contributed by atoms with Crippen LogP contribution in [0.2, 0.25) is 0 Å². The molecule has 0 saturated carbocycles. The summed E-state index contributed by atoms with van der Waals surface area (Å²) in [6.07, 6.45) is 0.830. The zero-order valence-electron chi connectivity index (χ0n) is 19.2. The Bertz CT molecular complexity index is 1070. The van der Waals surface area contributed by atoms with Crippen molar-refractivity contribution in [2.75, 3.05) is 19.0 Å². The number of carbonyl (C=O) groups is 3.